The predicted molar refractivity (Wildman–Crippen MR) is 61.3 cm³/mol. The summed E-state index contributed by atoms with van der Waals surface area (Å²) in [7, 11) is 0. The van der Waals surface area contributed by atoms with Gasteiger partial charge in [0.15, 0.2) is 5.78 Å². The quantitative estimate of drug-likeness (QED) is 0.803. The number of hydrogen-bond donors (Lipinski definition) is 0. The summed E-state index contributed by atoms with van der Waals surface area (Å²) in [4.78, 5) is 11.8. The Morgan fingerprint density at radius 2 is 2.31 bits per heavy atom. The van der Waals surface area contributed by atoms with E-state index in [1.807, 2.05) is 18.2 Å². The van der Waals surface area contributed by atoms with Crippen molar-refractivity contribution < 1.29 is 4.79 Å². The van der Waals surface area contributed by atoms with Crippen LogP contribution in [0.2, 0.25) is 0 Å². The third kappa shape index (κ3) is 1.39. The van der Waals surface area contributed by atoms with E-state index in [-0.39, 0.29) is 11.8 Å². The third-order valence-corrected chi connectivity index (χ3v) is 3.31. The fourth-order valence-corrected chi connectivity index (χ4v) is 2.46. The van der Waals surface area contributed by atoms with Crippen molar-refractivity contribution in [3.8, 4) is 0 Å². The van der Waals surface area contributed by atoms with E-state index in [9.17, 15) is 4.79 Å². The molecular weight excluding hydrogens is 270 g/mol. The molecule has 80 valence electrons. The summed E-state index contributed by atoms with van der Waals surface area (Å²) in [5, 5.41) is 7.74. The van der Waals surface area contributed by atoms with Crippen molar-refractivity contribution in [2.75, 3.05) is 0 Å². The van der Waals surface area contributed by atoms with E-state index < -0.39 is 0 Å². The molecule has 0 bridgehead atoms. The molecule has 0 aliphatic heterocycles. The first kappa shape index (κ1) is 9.72. The van der Waals surface area contributed by atoms with Crippen LogP contribution in [-0.2, 0) is 0 Å². The van der Waals surface area contributed by atoms with E-state index in [4.69, 9.17) is 0 Å². The van der Waals surface area contributed by atoms with Gasteiger partial charge in [0.05, 0.1) is 12.2 Å². The zero-order valence-corrected chi connectivity index (χ0v) is 9.89. The van der Waals surface area contributed by atoms with Gasteiger partial charge in [-0.05, 0) is 23.8 Å². The second-order valence-corrected chi connectivity index (χ2v) is 4.67. The van der Waals surface area contributed by atoms with Gasteiger partial charge in [-0.25, -0.2) is 4.68 Å². The molecule has 1 aromatic heterocycles. The molecule has 0 spiro atoms. The Bertz CT molecular complexity index is 550. The van der Waals surface area contributed by atoms with Gasteiger partial charge in [-0.2, -0.15) is 0 Å². The molecule has 1 aliphatic carbocycles. The van der Waals surface area contributed by atoms with Gasteiger partial charge >= 0.3 is 0 Å². The zero-order chi connectivity index (χ0) is 11.1. The summed E-state index contributed by atoms with van der Waals surface area (Å²) in [5.74, 6) is 0.169. The monoisotopic (exact) mass is 277 g/mol. The van der Waals surface area contributed by atoms with Crippen LogP contribution in [0, 0.1) is 0 Å². The van der Waals surface area contributed by atoms with Gasteiger partial charge in [0.2, 0.25) is 0 Å². The number of carbonyl (C=O) groups excluding carboxylic acids is 1. The van der Waals surface area contributed by atoms with Crippen LogP contribution in [0.1, 0.15) is 28.4 Å². The van der Waals surface area contributed by atoms with Crippen LogP contribution in [0.15, 0.2) is 35.1 Å². The Labute approximate surface area is 100 Å². The molecule has 0 amide bonds. The Kier molecular flexibility index (Phi) is 2.14. The molecule has 1 aromatic carbocycles. The van der Waals surface area contributed by atoms with Crippen molar-refractivity contribution in [1.29, 1.82) is 0 Å². The summed E-state index contributed by atoms with van der Waals surface area (Å²) in [6, 6.07) is 5.72. The minimum Gasteiger partial charge on any atom is -0.294 e. The number of rotatable bonds is 1. The van der Waals surface area contributed by atoms with Gasteiger partial charge in [0.1, 0.15) is 0 Å². The normalized spacial score (nSPS) is 18.8. The van der Waals surface area contributed by atoms with E-state index in [0.717, 1.165) is 15.6 Å². The van der Waals surface area contributed by atoms with Crippen molar-refractivity contribution >= 4 is 21.7 Å². The first-order valence-electron chi connectivity index (χ1n) is 4.94. The molecule has 2 aromatic rings. The number of nitrogens with zero attached hydrogens (tertiary/aromatic N) is 3. The molecule has 0 N–H and O–H groups in total. The number of ketones is 1. The zero-order valence-electron chi connectivity index (χ0n) is 8.30. The van der Waals surface area contributed by atoms with Crippen LogP contribution < -0.4 is 0 Å². The van der Waals surface area contributed by atoms with Crippen LogP contribution in [0.5, 0.6) is 0 Å². The summed E-state index contributed by atoms with van der Waals surface area (Å²) >= 11 is 3.42. The molecule has 5 heteroatoms. The molecule has 1 atom stereocenters. The topological polar surface area (TPSA) is 47.8 Å². The lowest BCUT2D eigenvalue weighted by Crippen LogP contribution is -2.08. The number of benzene rings is 1. The summed E-state index contributed by atoms with van der Waals surface area (Å²) in [6.07, 6.45) is 3.88. The largest absolute Gasteiger partial charge is 0.294 e. The second kappa shape index (κ2) is 3.52. The summed E-state index contributed by atoms with van der Waals surface area (Å²) in [6.45, 7) is 0. The number of aromatic nitrogens is 3. The van der Waals surface area contributed by atoms with Crippen LogP contribution in [-0.4, -0.2) is 20.8 Å². The van der Waals surface area contributed by atoms with Gasteiger partial charge in [0.25, 0.3) is 0 Å². The molecule has 16 heavy (non-hydrogen) atoms. The highest BCUT2D eigenvalue weighted by Gasteiger charge is 2.30. The van der Waals surface area contributed by atoms with Crippen LogP contribution in [0.25, 0.3) is 0 Å². The standard InChI is InChI=1S/C11H8BrN3O/c12-7-1-2-8-9(5-7)10(6-11(8)16)15-4-3-13-14-15/h1-5,10H,6H2. The maximum absolute atomic E-state index is 11.8. The number of Topliss-reactive ketones (excluding diaryl/α,β-unsaturated/α-hetero) is 1. The predicted octanol–water partition coefficient (Wildman–Crippen LogP) is 2.22. The fraction of sp³-hybridized carbons (Fsp3) is 0.182. The van der Waals surface area contributed by atoms with Crippen LogP contribution in [0.3, 0.4) is 0 Å². The third-order valence-electron chi connectivity index (χ3n) is 2.81. The molecule has 4 nitrogen and oxygen atoms in total. The number of fused-ring (bicyclic) bond motifs is 1. The molecule has 3 rings (SSSR count). The Morgan fingerprint density at radius 3 is 3.06 bits per heavy atom. The highest BCUT2D eigenvalue weighted by molar-refractivity contribution is 9.10. The highest BCUT2D eigenvalue weighted by atomic mass is 79.9. The van der Waals surface area contributed by atoms with Crippen molar-refractivity contribution in [1.82, 2.24) is 15.0 Å². The fourth-order valence-electron chi connectivity index (χ4n) is 2.08. The van der Waals surface area contributed by atoms with Gasteiger partial charge in [0, 0.05) is 22.7 Å². The van der Waals surface area contributed by atoms with Gasteiger partial charge in [-0.1, -0.05) is 21.1 Å². The van der Waals surface area contributed by atoms with Gasteiger partial charge in [-0.15, -0.1) is 5.10 Å². The minimum absolute atomic E-state index is 0.0116. The van der Waals surface area contributed by atoms with Crippen molar-refractivity contribution in [2.24, 2.45) is 0 Å². The lowest BCUT2D eigenvalue weighted by atomic mass is 10.1. The Morgan fingerprint density at radius 1 is 1.44 bits per heavy atom. The van der Waals surface area contributed by atoms with Gasteiger partial charge in [-0.3, -0.25) is 4.79 Å². The lowest BCUT2D eigenvalue weighted by Gasteiger charge is -2.10. The molecule has 1 unspecified atom stereocenters. The number of carbonyl (C=O) groups is 1. The SMILES string of the molecule is O=C1CC(n2ccnn2)c2cc(Br)ccc21. The minimum atomic E-state index is -0.0116. The molecule has 0 radical (unpaired) electrons. The molecule has 0 saturated carbocycles. The van der Waals surface area contributed by atoms with Crippen molar-refractivity contribution in [3.05, 3.63) is 46.2 Å². The van der Waals surface area contributed by atoms with E-state index in [1.165, 1.54) is 0 Å². The number of hydrogen-bond acceptors (Lipinski definition) is 3. The summed E-state index contributed by atoms with van der Waals surface area (Å²) in [5.41, 5.74) is 1.81. The highest BCUT2D eigenvalue weighted by Crippen LogP contribution is 2.35. The average Bonchev–Trinajstić information content (AvgIpc) is 2.86. The van der Waals surface area contributed by atoms with E-state index in [2.05, 4.69) is 26.2 Å². The van der Waals surface area contributed by atoms with Crippen molar-refractivity contribution in [2.45, 2.75) is 12.5 Å². The number of halogens is 1. The molecule has 1 aliphatic rings. The molecule has 1 heterocycles. The maximum atomic E-state index is 11.8. The Hall–Kier alpha value is -1.49. The van der Waals surface area contributed by atoms with E-state index in [0.29, 0.717) is 6.42 Å². The molecule has 0 saturated heterocycles. The second-order valence-electron chi connectivity index (χ2n) is 3.76. The molecular formula is C11H8BrN3O. The van der Waals surface area contributed by atoms with Crippen molar-refractivity contribution in [3.63, 3.8) is 0 Å². The first-order chi connectivity index (χ1) is 7.75. The van der Waals surface area contributed by atoms with E-state index >= 15 is 0 Å². The van der Waals surface area contributed by atoms with E-state index in [1.54, 1.807) is 17.1 Å². The smallest absolute Gasteiger partial charge is 0.165 e. The van der Waals surface area contributed by atoms with Crippen LogP contribution in [0.4, 0.5) is 0 Å². The molecule has 0 fully saturated rings. The maximum Gasteiger partial charge on any atom is 0.165 e. The van der Waals surface area contributed by atoms with Crippen LogP contribution >= 0.6 is 15.9 Å². The first-order valence-corrected chi connectivity index (χ1v) is 5.73. The Balaban J connectivity index is 2.14. The summed E-state index contributed by atoms with van der Waals surface area (Å²) < 4.78 is 2.71. The average molecular weight is 278 g/mol. The van der Waals surface area contributed by atoms with Gasteiger partial charge < -0.3 is 0 Å². The lowest BCUT2D eigenvalue weighted by molar-refractivity contribution is 0.0985.